The Morgan fingerprint density at radius 1 is 1.16 bits per heavy atom. The maximum Gasteiger partial charge on any atom is 0.321 e. The predicted octanol–water partition coefficient (Wildman–Crippen LogP) is 5.17. The summed E-state index contributed by atoms with van der Waals surface area (Å²) < 4.78 is 5.80. The molecule has 0 heterocycles. The number of thioether (sulfide) groups is 1. The average Bonchev–Trinajstić information content (AvgIpc) is 2.55. The molecule has 25 heavy (non-hydrogen) atoms. The summed E-state index contributed by atoms with van der Waals surface area (Å²) in [4.78, 5) is 13.1. The minimum absolute atomic E-state index is 0.0259. The first-order chi connectivity index (χ1) is 11.8. The summed E-state index contributed by atoms with van der Waals surface area (Å²) in [6.45, 7) is 8.61. The molecule has 4 nitrogen and oxygen atoms in total. The number of rotatable bonds is 5. The van der Waals surface area contributed by atoms with Gasteiger partial charge in [0.15, 0.2) is 6.73 Å². The third kappa shape index (κ3) is 5.71. The number of benzene rings is 2. The predicted molar refractivity (Wildman–Crippen MR) is 106 cm³/mol. The second-order valence-corrected chi connectivity index (χ2v) is 7.78. The third-order valence-electron chi connectivity index (χ3n) is 3.73. The molecule has 0 bridgehead atoms. The van der Waals surface area contributed by atoms with Crippen LogP contribution in [0.4, 0.5) is 10.5 Å². The van der Waals surface area contributed by atoms with E-state index in [1.165, 1.54) is 5.56 Å². The van der Waals surface area contributed by atoms with Crippen molar-refractivity contribution >= 4 is 23.5 Å². The van der Waals surface area contributed by atoms with Gasteiger partial charge in [-0.1, -0.05) is 44.5 Å². The van der Waals surface area contributed by atoms with Gasteiger partial charge in [-0.15, -0.1) is 11.8 Å². The first-order valence-electron chi connectivity index (χ1n) is 8.22. The minimum Gasteiger partial charge on any atom is -0.473 e. The van der Waals surface area contributed by atoms with E-state index in [2.05, 4.69) is 44.4 Å². The van der Waals surface area contributed by atoms with Crippen molar-refractivity contribution in [2.75, 3.05) is 18.3 Å². The second-order valence-electron chi connectivity index (χ2n) is 6.90. The van der Waals surface area contributed by atoms with E-state index in [1.807, 2.05) is 42.7 Å². The number of hydrogen-bond donors (Lipinski definition) is 2. The summed E-state index contributed by atoms with van der Waals surface area (Å²) in [5.74, 6) is 0.794. The minimum atomic E-state index is -0.289. The number of hydrogen-bond acceptors (Lipinski definition) is 3. The van der Waals surface area contributed by atoms with E-state index in [4.69, 9.17) is 4.74 Å². The number of ether oxygens (including phenoxy) is 1. The van der Waals surface area contributed by atoms with Crippen molar-refractivity contribution < 1.29 is 9.53 Å². The van der Waals surface area contributed by atoms with Gasteiger partial charge in [0.05, 0.1) is 0 Å². The van der Waals surface area contributed by atoms with Crippen molar-refractivity contribution in [1.29, 1.82) is 0 Å². The van der Waals surface area contributed by atoms with Crippen LogP contribution in [0.1, 0.15) is 31.9 Å². The van der Waals surface area contributed by atoms with Gasteiger partial charge in [-0.25, -0.2) is 4.79 Å². The number of carbonyl (C=O) groups excluding carboxylic acids is 1. The highest BCUT2D eigenvalue weighted by molar-refractivity contribution is 7.98. The van der Waals surface area contributed by atoms with Crippen LogP contribution >= 0.6 is 11.8 Å². The van der Waals surface area contributed by atoms with Crippen molar-refractivity contribution in [3.63, 3.8) is 0 Å². The van der Waals surface area contributed by atoms with Crippen LogP contribution in [-0.4, -0.2) is 19.0 Å². The van der Waals surface area contributed by atoms with Crippen molar-refractivity contribution in [3.8, 4) is 5.75 Å². The SMILES string of the molecule is CSc1cccc(NC(=O)NCOc2ccc(C)cc2C(C)(C)C)c1. The second kappa shape index (κ2) is 8.30. The highest BCUT2D eigenvalue weighted by Gasteiger charge is 2.19. The van der Waals surface area contributed by atoms with Crippen LogP contribution in [-0.2, 0) is 5.41 Å². The van der Waals surface area contributed by atoms with Gasteiger partial charge in [0, 0.05) is 10.6 Å². The number of carbonyl (C=O) groups is 1. The Bertz CT molecular complexity index is 739. The largest absolute Gasteiger partial charge is 0.473 e. The monoisotopic (exact) mass is 358 g/mol. The molecule has 0 aliphatic rings. The molecule has 2 amide bonds. The van der Waals surface area contributed by atoms with Gasteiger partial charge in [-0.05, 0) is 48.4 Å². The lowest BCUT2D eigenvalue weighted by atomic mass is 9.85. The van der Waals surface area contributed by atoms with E-state index in [9.17, 15) is 4.79 Å². The number of nitrogens with one attached hydrogen (secondary N) is 2. The fourth-order valence-electron chi connectivity index (χ4n) is 2.41. The summed E-state index contributed by atoms with van der Waals surface area (Å²) in [6, 6.07) is 13.5. The van der Waals surface area contributed by atoms with Crippen molar-refractivity contribution in [2.45, 2.75) is 38.0 Å². The zero-order chi connectivity index (χ0) is 18.4. The quantitative estimate of drug-likeness (QED) is 0.572. The molecule has 0 saturated carbocycles. The molecule has 0 aromatic heterocycles. The Morgan fingerprint density at radius 2 is 1.92 bits per heavy atom. The topological polar surface area (TPSA) is 50.4 Å². The zero-order valence-electron chi connectivity index (χ0n) is 15.5. The maximum atomic E-state index is 12.0. The molecule has 2 aromatic rings. The zero-order valence-corrected chi connectivity index (χ0v) is 16.3. The molecule has 0 aliphatic heterocycles. The van der Waals surface area contributed by atoms with Gasteiger partial charge in [0.1, 0.15) is 5.75 Å². The molecular weight excluding hydrogens is 332 g/mol. The lowest BCUT2D eigenvalue weighted by Gasteiger charge is -2.23. The van der Waals surface area contributed by atoms with Gasteiger partial charge in [-0.2, -0.15) is 0 Å². The van der Waals surface area contributed by atoms with Gasteiger partial charge >= 0.3 is 6.03 Å². The smallest absolute Gasteiger partial charge is 0.321 e. The summed E-state index contributed by atoms with van der Waals surface area (Å²) in [7, 11) is 0. The van der Waals surface area contributed by atoms with Crippen LogP contribution in [0.5, 0.6) is 5.75 Å². The lowest BCUT2D eigenvalue weighted by molar-refractivity contribution is 0.233. The molecule has 2 aromatic carbocycles. The highest BCUT2D eigenvalue weighted by Crippen LogP contribution is 2.32. The van der Waals surface area contributed by atoms with Crippen LogP contribution in [0.3, 0.4) is 0 Å². The molecule has 0 fully saturated rings. The van der Waals surface area contributed by atoms with Crippen molar-refractivity contribution in [2.24, 2.45) is 0 Å². The van der Waals surface area contributed by atoms with E-state index >= 15 is 0 Å². The Kier molecular flexibility index (Phi) is 6.37. The van der Waals surface area contributed by atoms with Crippen molar-refractivity contribution in [1.82, 2.24) is 5.32 Å². The van der Waals surface area contributed by atoms with Gasteiger partial charge < -0.3 is 15.4 Å². The van der Waals surface area contributed by atoms with E-state index < -0.39 is 0 Å². The molecule has 0 radical (unpaired) electrons. The highest BCUT2D eigenvalue weighted by atomic mass is 32.2. The molecule has 134 valence electrons. The standard InChI is InChI=1S/C20H26N2O2S/c1-14-9-10-18(17(11-14)20(2,3)4)24-13-21-19(23)22-15-7-6-8-16(12-15)25-5/h6-12H,13H2,1-5H3,(H2,21,22,23). The van der Waals surface area contributed by atoms with E-state index in [0.717, 1.165) is 21.9 Å². The fraction of sp³-hybridized carbons (Fsp3) is 0.350. The molecule has 0 unspecified atom stereocenters. The summed E-state index contributed by atoms with van der Waals surface area (Å²) in [5, 5.41) is 5.54. The van der Waals surface area contributed by atoms with Gasteiger partial charge in [0.2, 0.25) is 0 Å². The van der Waals surface area contributed by atoms with E-state index in [0.29, 0.717) is 0 Å². The Balaban J connectivity index is 1.93. The van der Waals surface area contributed by atoms with Crippen molar-refractivity contribution in [3.05, 3.63) is 53.6 Å². The van der Waals surface area contributed by atoms with E-state index in [1.54, 1.807) is 11.8 Å². The van der Waals surface area contributed by atoms with Gasteiger partial charge in [0.25, 0.3) is 0 Å². The average molecular weight is 359 g/mol. The first kappa shape index (κ1) is 19.2. The lowest BCUT2D eigenvalue weighted by Crippen LogP contribution is -2.32. The maximum absolute atomic E-state index is 12.0. The van der Waals surface area contributed by atoms with Crippen LogP contribution < -0.4 is 15.4 Å². The summed E-state index contributed by atoms with van der Waals surface area (Å²) in [6.07, 6.45) is 2.00. The molecule has 0 saturated heterocycles. The normalized spacial score (nSPS) is 11.1. The molecular formula is C20H26N2O2S. The molecule has 2 rings (SSSR count). The summed E-state index contributed by atoms with van der Waals surface area (Å²) >= 11 is 1.63. The summed E-state index contributed by atoms with van der Waals surface area (Å²) in [5.41, 5.74) is 3.05. The van der Waals surface area contributed by atoms with Crippen LogP contribution in [0.2, 0.25) is 0 Å². The molecule has 0 atom stereocenters. The third-order valence-corrected chi connectivity index (χ3v) is 4.46. The molecule has 2 N–H and O–H groups in total. The fourth-order valence-corrected chi connectivity index (χ4v) is 2.87. The van der Waals surface area contributed by atoms with Gasteiger partial charge in [-0.3, -0.25) is 0 Å². The number of anilines is 1. The molecule has 0 aliphatic carbocycles. The molecule has 0 spiro atoms. The number of amides is 2. The molecule has 5 heteroatoms. The van der Waals surface area contributed by atoms with Crippen LogP contribution in [0.15, 0.2) is 47.4 Å². The Labute approximate surface area is 154 Å². The first-order valence-corrected chi connectivity index (χ1v) is 9.45. The van der Waals surface area contributed by atoms with Crippen LogP contribution in [0.25, 0.3) is 0 Å². The number of urea groups is 1. The Hall–Kier alpha value is -2.14. The van der Waals surface area contributed by atoms with E-state index in [-0.39, 0.29) is 18.2 Å². The number of aryl methyl sites for hydroxylation is 1. The van der Waals surface area contributed by atoms with Crippen LogP contribution in [0, 0.1) is 6.92 Å². The Morgan fingerprint density at radius 3 is 2.60 bits per heavy atom.